The average Bonchev–Trinajstić information content (AvgIpc) is 3.29. The van der Waals surface area contributed by atoms with E-state index in [9.17, 15) is 5.11 Å². The molecule has 0 bridgehead atoms. The first-order valence-electron chi connectivity index (χ1n) is 20.4. The zero-order chi connectivity index (χ0) is 39.0. The standard InChI is InChI=1S/C57H44O/c1-38-18-14-15-27-46(38)53-36-45(58)37-54-55(49-32-30-43(39-19-6-2-7-20-39)34-51(49)41-23-10-4-11-24-41)47-28-16-17-29-48(47)56(57(53)54)50-33-31-44(40-21-8-3-9-22-40)35-52(50)42-25-12-5-13-26-42/h2-35,45,53,58H,36-37H2,1H3. The minimum absolute atomic E-state index is 0.0144. The third-order valence-corrected chi connectivity index (χ3v) is 12.2. The fourth-order valence-corrected chi connectivity index (χ4v) is 9.53. The van der Waals surface area contributed by atoms with E-state index in [4.69, 9.17) is 0 Å². The molecule has 58 heavy (non-hydrogen) atoms. The van der Waals surface area contributed by atoms with Crippen LogP contribution in [0, 0.1) is 6.92 Å². The summed E-state index contributed by atoms with van der Waals surface area (Å²) in [5.41, 5.74) is 19.4. The number of aliphatic hydroxyl groups excluding tert-OH is 1. The predicted octanol–water partition coefficient (Wildman–Crippen LogP) is 14.6. The fourth-order valence-electron chi connectivity index (χ4n) is 9.53. The molecular formula is C57H44O. The van der Waals surface area contributed by atoms with E-state index in [1.54, 1.807) is 0 Å². The van der Waals surface area contributed by atoms with Gasteiger partial charge in [-0.3, -0.25) is 0 Å². The van der Waals surface area contributed by atoms with E-state index in [2.05, 4.69) is 213 Å². The Morgan fingerprint density at radius 1 is 0.397 bits per heavy atom. The molecule has 278 valence electrons. The molecule has 0 radical (unpaired) electrons. The highest BCUT2D eigenvalue weighted by molar-refractivity contribution is 6.12. The Morgan fingerprint density at radius 3 is 1.34 bits per heavy atom. The Labute approximate surface area is 341 Å². The van der Waals surface area contributed by atoms with E-state index in [0.717, 1.165) is 0 Å². The van der Waals surface area contributed by atoms with Crippen LogP contribution < -0.4 is 0 Å². The molecule has 1 heteroatoms. The number of hydrogen-bond acceptors (Lipinski definition) is 1. The molecule has 0 fully saturated rings. The number of benzene rings is 9. The van der Waals surface area contributed by atoms with E-state index in [1.165, 1.54) is 99.8 Å². The van der Waals surface area contributed by atoms with Gasteiger partial charge in [-0.05, 0) is 132 Å². The summed E-state index contributed by atoms with van der Waals surface area (Å²) >= 11 is 0. The van der Waals surface area contributed by atoms with Crippen LogP contribution in [0.3, 0.4) is 0 Å². The second kappa shape index (κ2) is 15.3. The van der Waals surface area contributed by atoms with Crippen LogP contribution in [-0.2, 0) is 6.42 Å². The van der Waals surface area contributed by atoms with Gasteiger partial charge in [0.2, 0.25) is 0 Å². The van der Waals surface area contributed by atoms with Gasteiger partial charge in [-0.1, -0.05) is 194 Å². The van der Waals surface area contributed by atoms with Crippen LogP contribution in [0.2, 0.25) is 0 Å². The van der Waals surface area contributed by atoms with Crippen molar-refractivity contribution >= 4 is 10.8 Å². The molecule has 2 atom stereocenters. The Bertz CT molecular complexity index is 2890. The van der Waals surface area contributed by atoms with Gasteiger partial charge in [0.15, 0.2) is 0 Å². The first kappa shape index (κ1) is 35.6. The first-order chi connectivity index (χ1) is 28.6. The largest absolute Gasteiger partial charge is 0.393 e. The van der Waals surface area contributed by atoms with Crippen LogP contribution in [-0.4, -0.2) is 11.2 Å². The molecule has 9 aromatic carbocycles. The quantitative estimate of drug-likeness (QED) is 0.172. The SMILES string of the molecule is Cc1ccccc1C1CC(O)Cc2c1c(-c1ccc(-c3ccccc3)cc1-c1ccccc1)c1ccccc1c2-c1ccc(-c2ccccc2)cc1-c1ccccc1. The summed E-state index contributed by atoms with van der Waals surface area (Å²) in [6, 6.07) is 74.8. The summed E-state index contributed by atoms with van der Waals surface area (Å²) in [5, 5.41) is 14.5. The molecule has 1 aliphatic rings. The molecule has 1 N–H and O–H groups in total. The molecule has 10 rings (SSSR count). The van der Waals surface area contributed by atoms with Gasteiger partial charge in [0.05, 0.1) is 6.10 Å². The Hall–Kier alpha value is -6.80. The number of aryl methyl sites for hydroxylation is 1. The number of aliphatic hydroxyl groups is 1. The summed E-state index contributed by atoms with van der Waals surface area (Å²) in [6.45, 7) is 2.22. The summed E-state index contributed by atoms with van der Waals surface area (Å²) in [7, 11) is 0. The van der Waals surface area contributed by atoms with Gasteiger partial charge >= 0.3 is 0 Å². The van der Waals surface area contributed by atoms with Crippen molar-refractivity contribution in [1.29, 1.82) is 0 Å². The van der Waals surface area contributed by atoms with Crippen LogP contribution in [0.4, 0.5) is 0 Å². The van der Waals surface area contributed by atoms with Crippen LogP contribution in [0.5, 0.6) is 0 Å². The minimum Gasteiger partial charge on any atom is -0.393 e. The lowest BCUT2D eigenvalue weighted by Gasteiger charge is -2.36. The van der Waals surface area contributed by atoms with Gasteiger partial charge in [0.25, 0.3) is 0 Å². The molecule has 0 amide bonds. The highest BCUT2D eigenvalue weighted by Crippen LogP contribution is 2.53. The van der Waals surface area contributed by atoms with Crippen molar-refractivity contribution in [2.24, 2.45) is 0 Å². The number of fused-ring (bicyclic) bond motifs is 2. The fraction of sp³-hybridized carbons (Fsp3) is 0.0877. The topological polar surface area (TPSA) is 20.2 Å². The van der Waals surface area contributed by atoms with Crippen molar-refractivity contribution in [2.45, 2.75) is 31.8 Å². The predicted molar refractivity (Wildman–Crippen MR) is 244 cm³/mol. The van der Waals surface area contributed by atoms with E-state index in [1.807, 2.05) is 0 Å². The van der Waals surface area contributed by atoms with Gasteiger partial charge in [-0.25, -0.2) is 0 Å². The zero-order valence-corrected chi connectivity index (χ0v) is 32.6. The molecule has 0 saturated heterocycles. The van der Waals surface area contributed by atoms with Crippen molar-refractivity contribution in [3.8, 4) is 66.8 Å². The average molecular weight is 745 g/mol. The second-order valence-corrected chi connectivity index (χ2v) is 15.7. The molecule has 2 unspecified atom stereocenters. The van der Waals surface area contributed by atoms with Gasteiger partial charge in [-0.2, -0.15) is 0 Å². The molecular weight excluding hydrogens is 701 g/mol. The van der Waals surface area contributed by atoms with Gasteiger partial charge in [0.1, 0.15) is 0 Å². The molecule has 1 nitrogen and oxygen atoms in total. The monoisotopic (exact) mass is 744 g/mol. The molecule has 0 spiro atoms. The summed E-state index contributed by atoms with van der Waals surface area (Å²) in [6.07, 6.45) is 0.731. The van der Waals surface area contributed by atoms with E-state index >= 15 is 0 Å². The number of hydrogen-bond donors (Lipinski definition) is 1. The molecule has 9 aromatic rings. The maximum absolute atomic E-state index is 12.1. The van der Waals surface area contributed by atoms with E-state index in [-0.39, 0.29) is 5.92 Å². The normalized spacial score (nSPS) is 14.9. The lowest BCUT2D eigenvalue weighted by Crippen LogP contribution is -2.25. The highest BCUT2D eigenvalue weighted by atomic mass is 16.3. The minimum atomic E-state index is -0.498. The number of rotatable bonds is 7. The Kier molecular flexibility index (Phi) is 9.37. The smallest absolute Gasteiger partial charge is 0.0589 e. The summed E-state index contributed by atoms with van der Waals surface area (Å²) in [4.78, 5) is 0. The van der Waals surface area contributed by atoms with Gasteiger partial charge in [-0.15, -0.1) is 0 Å². The van der Waals surface area contributed by atoms with Gasteiger partial charge < -0.3 is 5.11 Å². The van der Waals surface area contributed by atoms with E-state index in [0.29, 0.717) is 12.8 Å². The molecule has 0 aromatic heterocycles. The van der Waals surface area contributed by atoms with Crippen molar-refractivity contribution in [2.75, 3.05) is 0 Å². The first-order valence-corrected chi connectivity index (χ1v) is 20.4. The van der Waals surface area contributed by atoms with Crippen LogP contribution in [0.25, 0.3) is 77.5 Å². The molecule has 0 aliphatic heterocycles. The zero-order valence-electron chi connectivity index (χ0n) is 32.6. The lowest BCUT2D eigenvalue weighted by molar-refractivity contribution is 0.152. The van der Waals surface area contributed by atoms with Crippen molar-refractivity contribution < 1.29 is 5.11 Å². The lowest BCUT2D eigenvalue weighted by atomic mass is 9.69. The summed E-state index contributed by atoms with van der Waals surface area (Å²) < 4.78 is 0. The summed E-state index contributed by atoms with van der Waals surface area (Å²) in [5.74, 6) is -0.0144. The van der Waals surface area contributed by atoms with Gasteiger partial charge in [0, 0.05) is 5.92 Å². The van der Waals surface area contributed by atoms with Crippen LogP contribution in [0.15, 0.2) is 206 Å². The van der Waals surface area contributed by atoms with Crippen molar-refractivity contribution in [3.63, 3.8) is 0 Å². The molecule has 0 saturated carbocycles. The van der Waals surface area contributed by atoms with Crippen molar-refractivity contribution in [1.82, 2.24) is 0 Å². The molecule has 1 aliphatic carbocycles. The maximum atomic E-state index is 12.1. The van der Waals surface area contributed by atoms with Crippen molar-refractivity contribution in [3.05, 3.63) is 229 Å². The third kappa shape index (κ3) is 6.44. The third-order valence-electron chi connectivity index (χ3n) is 12.2. The Balaban J connectivity index is 1.34. The second-order valence-electron chi connectivity index (χ2n) is 15.7. The van der Waals surface area contributed by atoms with Crippen LogP contribution in [0.1, 0.15) is 34.6 Å². The van der Waals surface area contributed by atoms with E-state index < -0.39 is 6.10 Å². The molecule has 0 heterocycles. The highest BCUT2D eigenvalue weighted by Gasteiger charge is 2.35. The Morgan fingerprint density at radius 2 is 0.828 bits per heavy atom. The maximum Gasteiger partial charge on any atom is 0.0589 e. The van der Waals surface area contributed by atoms with Crippen LogP contribution >= 0.6 is 0 Å².